The Kier molecular flexibility index (Phi) is 3.31. The van der Waals surface area contributed by atoms with Crippen LogP contribution in [0, 0.1) is 5.82 Å². The maximum Gasteiger partial charge on any atom is 0.196 e. The van der Waals surface area contributed by atoms with Crippen LogP contribution in [-0.2, 0) is 0 Å². The van der Waals surface area contributed by atoms with Gasteiger partial charge in [-0.3, -0.25) is 4.79 Å². The van der Waals surface area contributed by atoms with Crippen molar-refractivity contribution in [3.63, 3.8) is 0 Å². The summed E-state index contributed by atoms with van der Waals surface area (Å²) in [6, 6.07) is 6.32. The van der Waals surface area contributed by atoms with E-state index in [1.807, 2.05) is 0 Å². The summed E-state index contributed by atoms with van der Waals surface area (Å²) in [5.74, 6) is -0.706. The lowest BCUT2D eigenvalue weighted by Gasteiger charge is -1.96. The second-order valence-electron chi connectivity index (χ2n) is 3.07. The average molecular weight is 256 g/mol. The van der Waals surface area contributed by atoms with E-state index in [1.165, 1.54) is 17.4 Å². The second-order valence-corrected chi connectivity index (χ2v) is 4.20. The molecule has 1 aromatic heterocycles. The molecular weight excluding hydrogens is 249 g/mol. The van der Waals surface area contributed by atoms with Crippen LogP contribution in [0.3, 0.4) is 0 Å². The summed E-state index contributed by atoms with van der Waals surface area (Å²) in [4.78, 5) is 15.3. The van der Waals surface area contributed by atoms with Crippen molar-refractivity contribution in [1.29, 1.82) is 0 Å². The quantitative estimate of drug-likeness (QED) is 0.622. The molecule has 1 heterocycles. The van der Waals surface area contributed by atoms with Crippen molar-refractivity contribution in [3.8, 4) is 10.6 Å². The third-order valence-corrected chi connectivity index (χ3v) is 3.13. The van der Waals surface area contributed by atoms with Gasteiger partial charge in [-0.2, -0.15) is 0 Å². The van der Waals surface area contributed by atoms with Gasteiger partial charge in [0, 0.05) is 10.9 Å². The van der Waals surface area contributed by atoms with E-state index in [1.54, 1.807) is 23.6 Å². The molecular formula is C11H7ClFNOS. The Morgan fingerprint density at radius 1 is 1.44 bits per heavy atom. The van der Waals surface area contributed by atoms with Gasteiger partial charge < -0.3 is 0 Å². The number of ketones is 1. The van der Waals surface area contributed by atoms with Crippen molar-refractivity contribution >= 4 is 28.7 Å². The Hall–Kier alpha value is -1.26. The molecule has 0 saturated carbocycles. The number of hydrogen-bond acceptors (Lipinski definition) is 3. The van der Waals surface area contributed by atoms with Crippen LogP contribution in [0.5, 0.6) is 0 Å². The van der Waals surface area contributed by atoms with Crippen molar-refractivity contribution in [2.24, 2.45) is 0 Å². The Morgan fingerprint density at radius 2 is 2.19 bits per heavy atom. The Bertz CT molecular complexity index is 526. The smallest absolute Gasteiger partial charge is 0.196 e. The third kappa shape index (κ3) is 2.13. The Labute approximate surface area is 101 Å². The lowest BCUT2D eigenvalue weighted by Crippen LogP contribution is -2.00. The van der Waals surface area contributed by atoms with Gasteiger partial charge in [-0.1, -0.05) is 12.1 Å². The number of alkyl halides is 1. The number of nitrogens with zero attached hydrogens (tertiary/aromatic N) is 1. The zero-order valence-corrected chi connectivity index (χ0v) is 9.69. The first-order valence-corrected chi connectivity index (χ1v) is 5.93. The second kappa shape index (κ2) is 4.72. The number of carbonyl (C=O) groups excluding carboxylic acids is 1. The fraction of sp³-hybridized carbons (Fsp3) is 0.0909. The van der Waals surface area contributed by atoms with Gasteiger partial charge in [-0.15, -0.1) is 22.9 Å². The molecule has 82 valence electrons. The summed E-state index contributed by atoms with van der Waals surface area (Å²) in [5.41, 5.74) is 0.694. The van der Waals surface area contributed by atoms with Gasteiger partial charge in [0.2, 0.25) is 0 Å². The minimum absolute atomic E-state index is 0.111. The first-order valence-electron chi connectivity index (χ1n) is 4.52. The Balaban J connectivity index is 2.39. The summed E-state index contributed by atoms with van der Waals surface area (Å²) in [7, 11) is 0. The standard InChI is InChI=1S/C11H7ClFNOS/c12-5-10(15)9-6-16-11(14-9)7-3-1-2-4-8(7)13/h1-4,6H,5H2. The first-order chi connectivity index (χ1) is 7.72. The van der Waals surface area contributed by atoms with Crippen LogP contribution in [-0.4, -0.2) is 16.6 Å². The van der Waals surface area contributed by atoms with Gasteiger partial charge in [-0.05, 0) is 12.1 Å². The zero-order chi connectivity index (χ0) is 11.5. The fourth-order valence-corrected chi connectivity index (χ4v) is 2.22. The van der Waals surface area contributed by atoms with Crippen molar-refractivity contribution < 1.29 is 9.18 Å². The van der Waals surface area contributed by atoms with Crippen molar-refractivity contribution in [3.05, 3.63) is 41.2 Å². The predicted octanol–water partition coefficient (Wildman–Crippen LogP) is 3.37. The minimum atomic E-state index is -0.346. The number of Topliss-reactive ketones (excluding diaryl/α,β-unsaturated/α-hetero) is 1. The number of rotatable bonds is 3. The number of carbonyl (C=O) groups is 1. The van der Waals surface area contributed by atoms with E-state index in [0.29, 0.717) is 16.3 Å². The number of aromatic nitrogens is 1. The van der Waals surface area contributed by atoms with E-state index >= 15 is 0 Å². The fourth-order valence-electron chi connectivity index (χ4n) is 1.23. The highest BCUT2D eigenvalue weighted by Gasteiger charge is 2.12. The lowest BCUT2D eigenvalue weighted by atomic mass is 10.2. The van der Waals surface area contributed by atoms with Crippen molar-refractivity contribution in [2.45, 2.75) is 0 Å². The van der Waals surface area contributed by atoms with E-state index in [4.69, 9.17) is 11.6 Å². The monoisotopic (exact) mass is 255 g/mol. The molecule has 0 fully saturated rings. The van der Waals surface area contributed by atoms with Crippen LogP contribution in [0.25, 0.3) is 10.6 Å². The van der Waals surface area contributed by atoms with Crippen LogP contribution in [0.15, 0.2) is 29.6 Å². The van der Waals surface area contributed by atoms with Gasteiger partial charge in [0.15, 0.2) is 5.78 Å². The molecule has 2 aromatic rings. The molecule has 0 N–H and O–H groups in total. The summed E-state index contributed by atoms with van der Waals surface area (Å²) < 4.78 is 13.4. The summed E-state index contributed by atoms with van der Waals surface area (Å²) in [5, 5.41) is 2.08. The van der Waals surface area contributed by atoms with Crippen molar-refractivity contribution in [1.82, 2.24) is 4.98 Å². The minimum Gasteiger partial charge on any atom is -0.291 e. The number of hydrogen-bond donors (Lipinski definition) is 0. The zero-order valence-electron chi connectivity index (χ0n) is 8.11. The predicted molar refractivity (Wildman–Crippen MR) is 62.6 cm³/mol. The van der Waals surface area contributed by atoms with Crippen molar-refractivity contribution in [2.75, 3.05) is 5.88 Å². The average Bonchev–Trinajstić information content (AvgIpc) is 2.78. The highest BCUT2D eigenvalue weighted by molar-refractivity contribution is 7.13. The van der Waals surface area contributed by atoms with Crippen LogP contribution in [0.1, 0.15) is 10.5 Å². The number of benzene rings is 1. The van der Waals surface area contributed by atoms with Crippen LogP contribution >= 0.6 is 22.9 Å². The molecule has 1 aromatic carbocycles. The summed E-state index contributed by atoms with van der Waals surface area (Å²) in [6.07, 6.45) is 0. The van der Waals surface area contributed by atoms with Gasteiger partial charge in [0.05, 0.1) is 5.88 Å². The molecule has 0 radical (unpaired) electrons. The number of halogens is 2. The van der Waals surface area contributed by atoms with Gasteiger partial charge in [-0.25, -0.2) is 9.37 Å². The maximum absolute atomic E-state index is 13.4. The largest absolute Gasteiger partial charge is 0.291 e. The molecule has 0 aliphatic rings. The Morgan fingerprint density at radius 3 is 2.88 bits per heavy atom. The molecule has 0 saturated heterocycles. The molecule has 2 rings (SSSR count). The van der Waals surface area contributed by atoms with E-state index in [-0.39, 0.29) is 17.5 Å². The summed E-state index contributed by atoms with van der Waals surface area (Å²) in [6.45, 7) is 0. The maximum atomic E-state index is 13.4. The van der Waals surface area contributed by atoms with E-state index in [0.717, 1.165) is 0 Å². The molecule has 0 amide bonds. The highest BCUT2D eigenvalue weighted by atomic mass is 35.5. The molecule has 2 nitrogen and oxygen atoms in total. The lowest BCUT2D eigenvalue weighted by molar-refractivity contribution is 0.101. The molecule has 0 bridgehead atoms. The van der Waals surface area contributed by atoms with Crippen LogP contribution in [0.4, 0.5) is 4.39 Å². The molecule has 0 aliphatic heterocycles. The SMILES string of the molecule is O=C(CCl)c1csc(-c2ccccc2F)n1. The van der Waals surface area contributed by atoms with Crippen LogP contribution in [0.2, 0.25) is 0 Å². The molecule has 0 spiro atoms. The van der Waals surface area contributed by atoms with E-state index in [2.05, 4.69) is 4.98 Å². The molecule has 16 heavy (non-hydrogen) atoms. The van der Waals surface area contributed by atoms with Gasteiger partial charge in [0.1, 0.15) is 16.5 Å². The highest BCUT2D eigenvalue weighted by Crippen LogP contribution is 2.26. The third-order valence-electron chi connectivity index (χ3n) is 2.02. The normalized spacial score (nSPS) is 10.4. The number of thiazole rings is 1. The van der Waals surface area contributed by atoms with Crippen LogP contribution < -0.4 is 0 Å². The topological polar surface area (TPSA) is 30.0 Å². The molecule has 5 heteroatoms. The van der Waals surface area contributed by atoms with E-state index < -0.39 is 0 Å². The first kappa shape index (κ1) is 11.2. The molecule has 0 unspecified atom stereocenters. The summed E-state index contributed by atoms with van der Waals surface area (Å²) >= 11 is 6.64. The molecule has 0 aliphatic carbocycles. The molecule has 0 atom stereocenters. The van der Waals surface area contributed by atoms with Gasteiger partial charge >= 0.3 is 0 Å². The van der Waals surface area contributed by atoms with E-state index in [9.17, 15) is 9.18 Å². The van der Waals surface area contributed by atoms with Gasteiger partial charge in [0.25, 0.3) is 0 Å².